The monoisotopic (exact) mass is 521 g/mol. The first-order valence-corrected chi connectivity index (χ1v) is 13.0. The maximum atomic E-state index is 13.4. The Morgan fingerprint density at radius 3 is 2.68 bits per heavy atom. The summed E-state index contributed by atoms with van der Waals surface area (Å²) in [6.07, 6.45) is 1.56. The average Bonchev–Trinajstić information content (AvgIpc) is 2.86. The molecular weight excluding hydrogens is 483 g/mol. The number of anilines is 1. The number of hydrogen-bond donors (Lipinski definition) is 4. The zero-order chi connectivity index (χ0) is 27.1. The summed E-state index contributed by atoms with van der Waals surface area (Å²) < 4.78 is 40.1. The Labute approximate surface area is 216 Å². The Balaban J connectivity index is 1.69. The Morgan fingerprint density at radius 2 is 1.97 bits per heavy atom. The van der Waals surface area contributed by atoms with Crippen LogP contribution in [0, 0.1) is 5.92 Å². The fourth-order valence-corrected chi connectivity index (χ4v) is 5.20. The van der Waals surface area contributed by atoms with Gasteiger partial charge in [-0.1, -0.05) is 37.1 Å². The highest BCUT2D eigenvalue weighted by atomic mass is 19.4. The summed E-state index contributed by atoms with van der Waals surface area (Å²) in [4.78, 5) is 16.4. The van der Waals surface area contributed by atoms with Crippen molar-refractivity contribution in [2.75, 3.05) is 18.5 Å². The smallest absolute Gasteiger partial charge is 0.416 e. The molecular formula is C28H38F3N3O3. The van der Waals surface area contributed by atoms with Crippen molar-refractivity contribution in [2.45, 2.75) is 82.3 Å². The molecule has 1 aromatic heterocycles. The van der Waals surface area contributed by atoms with Crippen LogP contribution in [0.4, 0.5) is 19.0 Å². The van der Waals surface area contributed by atoms with E-state index >= 15 is 0 Å². The fraction of sp³-hybridized carbons (Fsp3) is 0.571. The molecule has 2 aromatic rings. The van der Waals surface area contributed by atoms with E-state index < -0.39 is 29.2 Å². The molecule has 0 radical (unpaired) electrons. The lowest BCUT2D eigenvalue weighted by molar-refractivity contribution is -0.138. The number of rotatable bonds is 13. The third-order valence-electron chi connectivity index (χ3n) is 7.16. The summed E-state index contributed by atoms with van der Waals surface area (Å²) in [5.41, 5.74) is 7.06. The lowest BCUT2D eigenvalue weighted by atomic mass is 9.74. The molecule has 0 saturated carbocycles. The summed E-state index contributed by atoms with van der Waals surface area (Å²) in [6, 6.07) is 9.09. The third kappa shape index (κ3) is 8.71. The highest BCUT2D eigenvalue weighted by Gasteiger charge is 2.34. The van der Waals surface area contributed by atoms with Crippen LogP contribution in [-0.4, -0.2) is 39.9 Å². The molecule has 5 N–H and O–H groups in total. The van der Waals surface area contributed by atoms with Gasteiger partial charge in [-0.2, -0.15) is 13.2 Å². The Hall–Kier alpha value is -2.65. The Morgan fingerprint density at radius 1 is 1.19 bits per heavy atom. The molecule has 1 aliphatic heterocycles. The number of aliphatic hydroxyl groups is 1. The number of nitrogens with one attached hydrogen (secondary N) is 1. The molecule has 3 rings (SSSR count). The van der Waals surface area contributed by atoms with Crippen molar-refractivity contribution in [3.63, 3.8) is 0 Å². The van der Waals surface area contributed by atoms with Gasteiger partial charge in [0.25, 0.3) is 0 Å². The molecule has 3 atom stereocenters. The van der Waals surface area contributed by atoms with Crippen molar-refractivity contribution < 1.29 is 28.2 Å². The molecule has 0 spiro atoms. The van der Waals surface area contributed by atoms with Crippen molar-refractivity contribution in [2.24, 2.45) is 11.7 Å². The van der Waals surface area contributed by atoms with Crippen molar-refractivity contribution >= 4 is 11.8 Å². The van der Waals surface area contributed by atoms with Crippen LogP contribution in [0.1, 0.15) is 80.2 Å². The summed E-state index contributed by atoms with van der Waals surface area (Å²) in [6.45, 7) is 2.31. The number of carboxylic acids is 1. The van der Waals surface area contributed by atoms with Gasteiger partial charge in [0.15, 0.2) is 0 Å². The minimum atomic E-state index is -4.52. The van der Waals surface area contributed by atoms with Crippen LogP contribution in [0.2, 0.25) is 0 Å². The van der Waals surface area contributed by atoms with Crippen LogP contribution >= 0.6 is 0 Å². The first kappa shape index (κ1) is 28.9. The second-order valence-corrected chi connectivity index (χ2v) is 10.5. The van der Waals surface area contributed by atoms with Gasteiger partial charge in [0, 0.05) is 17.8 Å². The zero-order valence-corrected chi connectivity index (χ0v) is 21.4. The lowest BCUT2D eigenvalue weighted by Crippen LogP contribution is -2.43. The number of aromatic nitrogens is 1. The molecule has 0 fully saturated rings. The average molecular weight is 522 g/mol. The first-order valence-electron chi connectivity index (χ1n) is 13.0. The lowest BCUT2D eigenvalue weighted by Gasteiger charge is -2.33. The number of aliphatic hydroxyl groups excluding tert-OH is 1. The number of hydrogen-bond acceptors (Lipinski definition) is 5. The number of halogens is 3. The van der Waals surface area contributed by atoms with E-state index in [1.54, 1.807) is 13.0 Å². The van der Waals surface area contributed by atoms with Gasteiger partial charge in [-0.25, -0.2) is 4.98 Å². The van der Waals surface area contributed by atoms with Gasteiger partial charge in [-0.3, -0.25) is 4.79 Å². The predicted molar refractivity (Wildman–Crippen MR) is 137 cm³/mol. The van der Waals surface area contributed by atoms with Crippen molar-refractivity contribution in [3.8, 4) is 0 Å². The number of nitrogens with zero attached hydrogens (tertiary/aromatic N) is 1. The summed E-state index contributed by atoms with van der Waals surface area (Å²) in [7, 11) is 0. The van der Waals surface area contributed by atoms with Crippen LogP contribution in [-0.2, 0) is 23.8 Å². The van der Waals surface area contributed by atoms with E-state index in [-0.39, 0.29) is 18.9 Å². The molecule has 2 heterocycles. The van der Waals surface area contributed by atoms with Crippen LogP contribution in [0.3, 0.4) is 0 Å². The number of pyridine rings is 1. The number of aliphatic carboxylic acids is 1. The maximum absolute atomic E-state index is 13.4. The first-order chi connectivity index (χ1) is 17.5. The van der Waals surface area contributed by atoms with Crippen molar-refractivity contribution in [1.82, 2.24) is 4.98 Å². The molecule has 1 aliphatic rings. The SMILES string of the molecule is CC(N)(CO)CC(CCCCCc1ccc2c(n1)NCCC2)[C@@H](CC(=O)O)c1cccc(C(F)(F)F)c1. The largest absolute Gasteiger partial charge is 0.481 e. The number of carboxylic acid groups (broad SMARTS) is 1. The number of nitrogens with two attached hydrogens (primary N) is 1. The van der Waals surface area contributed by atoms with E-state index in [0.717, 1.165) is 68.7 Å². The van der Waals surface area contributed by atoms with Crippen LogP contribution in [0.25, 0.3) is 0 Å². The molecule has 9 heteroatoms. The molecule has 6 nitrogen and oxygen atoms in total. The van der Waals surface area contributed by atoms with Crippen LogP contribution in [0.15, 0.2) is 36.4 Å². The second-order valence-electron chi connectivity index (χ2n) is 10.5. The van der Waals surface area contributed by atoms with Gasteiger partial charge in [0.1, 0.15) is 5.82 Å². The Kier molecular flexibility index (Phi) is 9.95. The summed E-state index contributed by atoms with van der Waals surface area (Å²) in [5.74, 6) is -1.06. The van der Waals surface area contributed by atoms with Gasteiger partial charge in [-0.15, -0.1) is 0 Å². The number of aryl methyl sites for hydroxylation is 2. The zero-order valence-electron chi connectivity index (χ0n) is 21.4. The standard InChI is InChI=1S/C28H38F3N3O3/c1-27(32,18-35)17-21(24(16-25(36)37)20-8-5-10-22(15-20)28(29,30)31)7-3-2-4-11-23-13-12-19-9-6-14-33-26(19)34-23/h5,8,10,12-13,15,21,24,35H,2-4,6-7,9,11,14,16-18,32H2,1H3,(H,33,34)(H,36,37)/t21?,24-,27?/m0/s1. The number of benzene rings is 1. The van der Waals surface area contributed by atoms with E-state index in [9.17, 15) is 28.2 Å². The van der Waals surface area contributed by atoms with Crippen LogP contribution < -0.4 is 11.1 Å². The second kappa shape index (κ2) is 12.7. The van der Waals surface area contributed by atoms with E-state index in [0.29, 0.717) is 18.4 Å². The summed E-state index contributed by atoms with van der Waals surface area (Å²) >= 11 is 0. The highest BCUT2D eigenvalue weighted by Crippen LogP contribution is 2.39. The molecule has 2 unspecified atom stereocenters. The maximum Gasteiger partial charge on any atom is 0.416 e. The van der Waals surface area contributed by atoms with Gasteiger partial charge < -0.3 is 21.3 Å². The van der Waals surface area contributed by atoms with Gasteiger partial charge in [0.2, 0.25) is 0 Å². The number of fused-ring (bicyclic) bond motifs is 1. The van der Waals surface area contributed by atoms with Crippen molar-refractivity contribution in [1.29, 1.82) is 0 Å². The minimum absolute atomic E-state index is 0.298. The molecule has 204 valence electrons. The molecule has 0 bridgehead atoms. The topological polar surface area (TPSA) is 108 Å². The molecule has 0 saturated heterocycles. The molecule has 0 amide bonds. The fourth-order valence-electron chi connectivity index (χ4n) is 5.20. The normalized spacial score (nSPS) is 16.8. The van der Waals surface area contributed by atoms with E-state index in [2.05, 4.69) is 17.4 Å². The van der Waals surface area contributed by atoms with E-state index in [4.69, 9.17) is 10.7 Å². The van der Waals surface area contributed by atoms with Gasteiger partial charge in [0.05, 0.1) is 18.6 Å². The Bertz CT molecular complexity index is 1040. The molecule has 1 aromatic carbocycles. The molecule has 0 aliphatic carbocycles. The summed E-state index contributed by atoms with van der Waals surface area (Å²) in [5, 5.41) is 22.7. The molecule has 37 heavy (non-hydrogen) atoms. The quantitative estimate of drug-likeness (QED) is 0.258. The van der Waals surface area contributed by atoms with E-state index in [1.807, 2.05) is 0 Å². The van der Waals surface area contributed by atoms with Gasteiger partial charge in [-0.05, 0) is 80.5 Å². The third-order valence-corrected chi connectivity index (χ3v) is 7.16. The predicted octanol–water partition coefficient (Wildman–Crippen LogP) is 5.54. The minimum Gasteiger partial charge on any atom is -0.481 e. The van der Waals surface area contributed by atoms with E-state index in [1.165, 1.54) is 11.6 Å². The number of alkyl halides is 3. The number of unbranched alkanes of at least 4 members (excludes halogenated alkanes) is 2. The highest BCUT2D eigenvalue weighted by molar-refractivity contribution is 5.68. The van der Waals surface area contributed by atoms with Gasteiger partial charge >= 0.3 is 12.1 Å². The van der Waals surface area contributed by atoms with Crippen molar-refractivity contribution in [3.05, 3.63) is 58.8 Å². The van der Waals surface area contributed by atoms with Crippen LogP contribution in [0.5, 0.6) is 0 Å². The number of carbonyl (C=O) groups is 1.